The van der Waals surface area contributed by atoms with Crippen LogP contribution in [-0.2, 0) is 19.0 Å². The summed E-state index contributed by atoms with van der Waals surface area (Å²) in [4.78, 5) is 12.3. The Morgan fingerprint density at radius 3 is 2.91 bits per heavy atom. The monoisotopic (exact) mass is 322 g/mol. The second kappa shape index (κ2) is 8.89. The number of ether oxygens (including phenoxy) is 4. The highest BCUT2D eigenvalue weighted by molar-refractivity contribution is 5.74. The lowest BCUT2D eigenvalue weighted by atomic mass is 9.79. The molecule has 1 saturated heterocycles. The summed E-state index contributed by atoms with van der Waals surface area (Å²) in [6.45, 7) is 5.85. The predicted octanol–water partition coefficient (Wildman–Crippen LogP) is 2.78. The van der Waals surface area contributed by atoms with Crippen LogP contribution < -0.4 is 4.74 Å². The number of rotatable bonds is 7. The van der Waals surface area contributed by atoms with Gasteiger partial charge in [-0.15, -0.1) is 0 Å². The Balaban J connectivity index is 2.16. The van der Waals surface area contributed by atoms with E-state index in [0.717, 1.165) is 17.7 Å². The molecule has 5 heteroatoms. The van der Waals surface area contributed by atoms with Gasteiger partial charge in [-0.1, -0.05) is 12.1 Å². The molecule has 2 rings (SSSR count). The van der Waals surface area contributed by atoms with Crippen molar-refractivity contribution in [2.45, 2.75) is 32.3 Å². The molecule has 0 unspecified atom stereocenters. The van der Waals surface area contributed by atoms with Crippen LogP contribution in [0, 0.1) is 5.92 Å². The largest absolute Gasteiger partial charge is 0.491 e. The highest BCUT2D eigenvalue weighted by Crippen LogP contribution is 2.37. The molecule has 1 heterocycles. The van der Waals surface area contributed by atoms with E-state index in [9.17, 15) is 4.79 Å². The van der Waals surface area contributed by atoms with Crippen LogP contribution in [0.25, 0.3) is 0 Å². The average Bonchev–Trinajstić information content (AvgIpc) is 2.55. The molecular weight excluding hydrogens is 296 g/mol. The van der Waals surface area contributed by atoms with E-state index in [-0.39, 0.29) is 23.9 Å². The van der Waals surface area contributed by atoms with Crippen LogP contribution in [0.15, 0.2) is 24.3 Å². The first kappa shape index (κ1) is 17.8. The summed E-state index contributed by atoms with van der Waals surface area (Å²) in [7, 11) is 1.65. The molecule has 0 amide bonds. The van der Waals surface area contributed by atoms with Gasteiger partial charge in [-0.05, 0) is 38.0 Å². The van der Waals surface area contributed by atoms with Crippen LogP contribution in [0.4, 0.5) is 0 Å². The summed E-state index contributed by atoms with van der Waals surface area (Å²) in [6.07, 6.45) is 0.654. The highest BCUT2D eigenvalue weighted by atomic mass is 16.5. The summed E-state index contributed by atoms with van der Waals surface area (Å²) in [5, 5.41) is 0. The Kier molecular flexibility index (Phi) is 6.86. The molecular formula is C18H26O5. The topological polar surface area (TPSA) is 54.0 Å². The Hall–Kier alpha value is -1.59. The molecule has 3 atom stereocenters. The zero-order chi connectivity index (χ0) is 16.7. The maximum atomic E-state index is 12.3. The minimum absolute atomic E-state index is 0.0868. The van der Waals surface area contributed by atoms with Gasteiger partial charge < -0.3 is 18.9 Å². The van der Waals surface area contributed by atoms with E-state index in [4.69, 9.17) is 18.9 Å². The SMILES string of the molecule is CCOC(=O)[C@@H]1[C@H](C)OCC[C@@H]1c1cccc(OCCOC)c1. The molecule has 0 saturated carbocycles. The first-order valence-electron chi connectivity index (χ1n) is 8.17. The molecule has 0 radical (unpaired) electrons. The first-order valence-corrected chi connectivity index (χ1v) is 8.17. The number of esters is 1. The van der Waals surface area contributed by atoms with Gasteiger partial charge in [0.1, 0.15) is 12.4 Å². The molecule has 0 bridgehead atoms. The number of methoxy groups -OCH3 is 1. The molecule has 1 fully saturated rings. The molecule has 23 heavy (non-hydrogen) atoms. The molecule has 0 aliphatic carbocycles. The summed E-state index contributed by atoms with van der Waals surface area (Å²) in [5.41, 5.74) is 1.09. The van der Waals surface area contributed by atoms with Crippen molar-refractivity contribution < 1.29 is 23.7 Å². The summed E-state index contributed by atoms with van der Waals surface area (Å²) in [5.74, 6) is 0.415. The molecule has 0 aromatic heterocycles. The fourth-order valence-electron chi connectivity index (χ4n) is 3.04. The van der Waals surface area contributed by atoms with Gasteiger partial charge in [0.15, 0.2) is 0 Å². The fraction of sp³-hybridized carbons (Fsp3) is 0.611. The van der Waals surface area contributed by atoms with Crippen molar-refractivity contribution in [2.75, 3.05) is 33.5 Å². The van der Waals surface area contributed by atoms with E-state index >= 15 is 0 Å². The van der Waals surface area contributed by atoms with Crippen LogP contribution >= 0.6 is 0 Å². The summed E-state index contributed by atoms with van der Waals surface area (Å²) >= 11 is 0. The van der Waals surface area contributed by atoms with E-state index in [1.54, 1.807) is 7.11 Å². The van der Waals surface area contributed by atoms with Crippen LogP contribution in [0.1, 0.15) is 31.7 Å². The molecule has 1 aliphatic rings. The third-order valence-electron chi connectivity index (χ3n) is 4.15. The predicted molar refractivity (Wildman–Crippen MR) is 86.7 cm³/mol. The van der Waals surface area contributed by atoms with Crippen LogP contribution in [0.5, 0.6) is 5.75 Å². The van der Waals surface area contributed by atoms with Crippen molar-refractivity contribution in [1.82, 2.24) is 0 Å². The zero-order valence-corrected chi connectivity index (χ0v) is 14.1. The van der Waals surface area contributed by atoms with Crippen molar-refractivity contribution in [3.05, 3.63) is 29.8 Å². The molecule has 0 N–H and O–H groups in total. The zero-order valence-electron chi connectivity index (χ0n) is 14.1. The normalized spacial score (nSPS) is 24.2. The third kappa shape index (κ3) is 4.69. The van der Waals surface area contributed by atoms with E-state index in [1.165, 1.54) is 0 Å². The Morgan fingerprint density at radius 1 is 1.35 bits per heavy atom. The lowest BCUT2D eigenvalue weighted by Gasteiger charge is -2.35. The van der Waals surface area contributed by atoms with Gasteiger partial charge in [-0.2, -0.15) is 0 Å². The maximum absolute atomic E-state index is 12.3. The summed E-state index contributed by atoms with van der Waals surface area (Å²) < 4.78 is 21.6. The second-order valence-corrected chi connectivity index (χ2v) is 5.66. The van der Waals surface area contributed by atoms with E-state index in [0.29, 0.717) is 26.4 Å². The van der Waals surface area contributed by atoms with Crippen molar-refractivity contribution in [2.24, 2.45) is 5.92 Å². The van der Waals surface area contributed by atoms with Gasteiger partial charge in [0, 0.05) is 19.6 Å². The average molecular weight is 322 g/mol. The number of carbonyl (C=O) groups excluding carboxylic acids is 1. The Labute approximate surface area is 137 Å². The lowest BCUT2D eigenvalue weighted by Crippen LogP contribution is -2.39. The lowest BCUT2D eigenvalue weighted by molar-refractivity contribution is -0.158. The molecule has 5 nitrogen and oxygen atoms in total. The van der Waals surface area contributed by atoms with Crippen LogP contribution in [0.3, 0.4) is 0 Å². The van der Waals surface area contributed by atoms with E-state index in [2.05, 4.69) is 0 Å². The van der Waals surface area contributed by atoms with Crippen molar-refractivity contribution in [1.29, 1.82) is 0 Å². The molecule has 128 valence electrons. The number of benzene rings is 1. The minimum atomic E-state index is -0.280. The number of hydrogen-bond acceptors (Lipinski definition) is 5. The second-order valence-electron chi connectivity index (χ2n) is 5.66. The molecule has 1 aromatic rings. The van der Waals surface area contributed by atoms with E-state index < -0.39 is 0 Å². The maximum Gasteiger partial charge on any atom is 0.312 e. The van der Waals surface area contributed by atoms with Gasteiger partial charge in [-0.3, -0.25) is 4.79 Å². The van der Waals surface area contributed by atoms with Crippen molar-refractivity contribution >= 4 is 5.97 Å². The molecule has 1 aliphatic heterocycles. The quantitative estimate of drug-likeness (QED) is 0.571. The molecule has 0 spiro atoms. The van der Waals surface area contributed by atoms with Gasteiger partial charge in [0.2, 0.25) is 0 Å². The summed E-state index contributed by atoms with van der Waals surface area (Å²) in [6, 6.07) is 7.92. The van der Waals surface area contributed by atoms with E-state index in [1.807, 2.05) is 38.1 Å². The first-order chi connectivity index (χ1) is 11.2. The van der Waals surface area contributed by atoms with Crippen LogP contribution in [-0.4, -0.2) is 45.6 Å². The number of hydrogen-bond donors (Lipinski definition) is 0. The standard InChI is InChI=1S/C18H26O5/c1-4-21-18(19)17-13(2)22-9-8-16(17)14-6-5-7-15(12-14)23-11-10-20-3/h5-7,12-13,16-17H,4,8-11H2,1-3H3/t13-,16+,17+/m0/s1. The highest BCUT2D eigenvalue weighted by Gasteiger charge is 2.39. The Morgan fingerprint density at radius 2 is 2.17 bits per heavy atom. The fourth-order valence-corrected chi connectivity index (χ4v) is 3.04. The van der Waals surface area contributed by atoms with Crippen LogP contribution in [0.2, 0.25) is 0 Å². The van der Waals surface area contributed by atoms with Crippen molar-refractivity contribution in [3.8, 4) is 5.75 Å². The van der Waals surface area contributed by atoms with Gasteiger partial charge in [0.05, 0.1) is 25.2 Å². The van der Waals surface area contributed by atoms with Gasteiger partial charge >= 0.3 is 5.97 Å². The van der Waals surface area contributed by atoms with Gasteiger partial charge in [-0.25, -0.2) is 0 Å². The third-order valence-corrected chi connectivity index (χ3v) is 4.15. The smallest absolute Gasteiger partial charge is 0.312 e. The van der Waals surface area contributed by atoms with Gasteiger partial charge in [0.25, 0.3) is 0 Å². The molecule has 1 aromatic carbocycles. The Bertz CT molecular complexity index is 502. The number of carbonyl (C=O) groups is 1. The minimum Gasteiger partial charge on any atom is -0.491 e. The van der Waals surface area contributed by atoms with Crippen molar-refractivity contribution in [3.63, 3.8) is 0 Å².